The Morgan fingerprint density at radius 3 is 2.31 bits per heavy atom. The van der Waals surface area contributed by atoms with E-state index in [4.69, 9.17) is 21.1 Å². The quantitative estimate of drug-likeness (QED) is 0.0724. The molecule has 1 saturated carbocycles. The summed E-state index contributed by atoms with van der Waals surface area (Å²) in [5.74, 6) is 0.154. The standard InChI is InChI=1S/C40H43ClN4O9/c1-40(19-17-30(18-20-40)42-38(48)54-25-27-11-14-31(15-12-27)45(51)52)44(39(49)50)35-21-26(13-16-32(35)28-8-4-3-5-9-28)7-6-10-37(47)43-34-23-36(53-2)29(24-46)22-33(34)41/h3-5,8-9,11-16,21-23,30,46H,6-7,10,17-20,24-25H2,1-2H3,(H,42,48)(H,43,47)(H,49,50). The minimum Gasteiger partial charge on any atom is -0.496 e. The van der Waals surface area contributed by atoms with Gasteiger partial charge in [0.05, 0.1) is 35.0 Å². The van der Waals surface area contributed by atoms with Crippen molar-refractivity contribution in [1.82, 2.24) is 5.32 Å². The predicted molar refractivity (Wildman–Crippen MR) is 205 cm³/mol. The Bertz CT molecular complexity index is 1970. The average molecular weight is 759 g/mol. The minimum atomic E-state index is -1.10. The van der Waals surface area contributed by atoms with E-state index in [9.17, 15) is 34.7 Å². The van der Waals surface area contributed by atoms with Gasteiger partial charge in [-0.3, -0.25) is 19.8 Å². The zero-order chi connectivity index (χ0) is 38.8. The summed E-state index contributed by atoms with van der Waals surface area (Å²) in [6.07, 6.45) is 1.43. The van der Waals surface area contributed by atoms with E-state index in [0.717, 1.165) is 16.7 Å². The van der Waals surface area contributed by atoms with Crippen LogP contribution in [0.1, 0.15) is 62.1 Å². The molecule has 0 unspecified atom stereocenters. The van der Waals surface area contributed by atoms with Crippen molar-refractivity contribution >= 4 is 46.8 Å². The monoisotopic (exact) mass is 758 g/mol. The lowest BCUT2D eigenvalue weighted by atomic mass is 9.79. The van der Waals surface area contributed by atoms with Crippen LogP contribution in [0.4, 0.5) is 26.7 Å². The fourth-order valence-corrected chi connectivity index (χ4v) is 6.99. The number of hydrogen-bond acceptors (Lipinski definition) is 8. The lowest BCUT2D eigenvalue weighted by Crippen LogP contribution is -2.54. The van der Waals surface area contributed by atoms with E-state index in [1.54, 1.807) is 12.1 Å². The molecule has 0 aromatic heterocycles. The molecule has 0 radical (unpaired) electrons. The van der Waals surface area contributed by atoms with Gasteiger partial charge in [-0.1, -0.05) is 54.1 Å². The molecule has 1 aliphatic rings. The number of nitro benzene ring substituents is 1. The molecule has 4 N–H and O–H groups in total. The van der Waals surface area contributed by atoms with Crippen LogP contribution in [0.5, 0.6) is 5.75 Å². The third-order valence-electron chi connectivity index (χ3n) is 9.70. The number of methoxy groups -OCH3 is 1. The SMILES string of the molecule is COc1cc(NC(=O)CCCc2ccc(-c3ccccc3)c(N(C(=O)O)C3(C)CCC(NC(=O)OCc4ccc([N+](=O)[O-])cc4)CC3)c2)c(Cl)cc1CO. The number of nitrogens with one attached hydrogen (secondary N) is 2. The molecule has 4 aromatic carbocycles. The number of hydrogen-bond donors (Lipinski definition) is 4. The smallest absolute Gasteiger partial charge is 0.412 e. The molecule has 1 aliphatic carbocycles. The molecular weight excluding hydrogens is 716 g/mol. The molecule has 0 aliphatic heterocycles. The third kappa shape index (κ3) is 9.85. The number of carbonyl (C=O) groups excluding carboxylic acids is 2. The van der Waals surface area contributed by atoms with Crippen molar-refractivity contribution in [2.45, 2.75) is 76.7 Å². The summed E-state index contributed by atoms with van der Waals surface area (Å²) >= 11 is 6.33. The van der Waals surface area contributed by atoms with Gasteiger partial charge in [0.2, 0.25) is 5.91 Å². The zero-order valence-corrected chi connectivity index (χ0v) is 30.8. The lowest BCUT2D eigenvalue weighted by Gasteiger charge is -2.45. The van der Waals surface area contributed by atoms with E-state index in [1.807, 2.05) is 55.5 Å². The van der Waals surface area contributed by atoms with E-state index in [1.165, 1.54) is 36.3 Å². The molecule has 4 aromatic rings. The van der Waals surface area contributed by atoms with Gasteiger partial charge in [0.15, 0.2) is 0 Å². The first-order chi connectivity index (χ1) is 25.9. The first kappa shape index (κ1) is 39.5. The van der Waals surface area contributed by atoms with Crippen molar-refractivity contribution < 1.29 is 39.0 Å². The maximum atomic E-state index is 13.1. The van der Waals surface area contributed by atoms with E-state index in [2.05, 4.69) is 10.6 Å². The number of aryl methyl sites for hydroxylation is 1. The molecule has 0 heterocycles. The highest BCUT2D eigenvalue weighted by Gasteiger charge is 2.41. The summed E-state index contributed by atoms with van der Waals surface area (Å²) in [6.45, 7) is 1.61. The van der Waals surface area contributed by atoms with Crippen LogP contribution < -0.4 is 20.3 Å². The molecule has 5 rings (SSSR count). The first-order valence-electron chi connectivity index (χ1n) is 17.6. The van der Waals surface area contributed by atoms with Crippen molar-refractivity contribution in [1.29, 1.82) is 0 Å². The average Bonchev–Trinajstić information content (AvgIpc) is 3.16. The molecule has 284 valence electrons. The Balaban J connectivity index is 1.25. The Labute approximate surface area is 318 Å². The molecular formula is C40H43ClN4O9. The molecule has 0 spiro atoms. The predicted octanol–water partition coefficient (Wildman–Crippen LogP) is 8.49. The van der Waals surface area contributed by atoms with Gasteiger partial charge in [-0.05, 0) is 86.4 Å². The number of aliphatic hydroxyl groups excluding tert-OH is 1. The molecule has 0 bridgehead atoms. The summed E-state index contributed by atoms with van der Waals surface area (Å²) in [4.78, 5) is 50.5. The molecule has 14 heteroatoms. The first-order valence-corrected chi connectivity index (χ1v) is 17.9. The van der Waals surface area contributed by atoms with Gasteiger partial charge in [0.1, 0.15) is 12.4 Å². The second kappa shape index (κ2) is 17.9. The fraction of sp³-hybridized carbons (Fsp3) is 0.325. The van der Waals surface area contributed by atoms with Crippen LogP contribution >= 0.6 is 11.6 Å². The lowest BCUT2D eigenvalue weighted by molar-refractivity contribution is -0.384. The molecule has 3 amide bonds. The number of carboxylic acid groups (broad SMARTS) is 1. The topological polar surface area (TPSA) is 181 Å². The van der Waals surface area contributed by atoms with Crippen LogP contribution in [0.25, 0.3) is 11.1 Å². The highest BCUT2D eigenvalue weighted by atomic mass is 35.5. The van der Waals surface area contributed by atoms with Gasteiger partial charge in [-0.25, -0.2) is 9.59 Å². The Morgan fingerprint density at radius 2 is 1.69 bits per heavy atom. The van der Waals surface area contributed by atoms with Crippen LogP contribution in [-0.4, -0.2) is 51.9 Å². The Morgan fingerprint density at radius 1 is 1.00 bits per heavy atom. The second-order valence-electron chi connectivity index (χ2n) is 13.5. The van der Waals surface area contributed by atoms with Crippen molar-refractivity contribution in [3.8, 4) is 16.9 Å². The number of halogens is 1. The van der Waals surface area contributed by atoms with Crippen molar-refractivity contribution in [2.24, 2.45) is 0 Å². The number of nitro groups is 1. The molecule has 13 nitrogen and oxygen atoms in total. The normalized spacial score (nSPS) is 16.6. The van der Waals surface area contributed by atoms with Gasteiger partial charge in [-0.15, -0.1) is 0 Å². The summed E-state index contributed by atoms with van der Waals surface area (Å²) < 4.78 is 10.6. The number of carbonyl (C=O) groups is 3. The number of ether oxygens (including phenoxy) is 2. The van der Waals surface area contributed by atoms with Crippen LogP contribution in [-0.2, 0) is 29.2 Å². The summed E-state index contributed by atoms with van der Waals surface area (Å²) in [5.41, 5.74) is 3.66. The van der Waals surface area contributed by atoms with Crippen LogP contribution in [0.15, 0.2) is 84.9 Å². The maximum absolute atomic E-state index is 13.1. The van der Waals surface area contributed by atoms with Gasteiger partial charge in [-0.2, -0.15) is 0 Å². The zero-order valence-electron chi connectivity index (χ0n) is 30.0. The van der Waals surface area contributed by atoms with E-state index in [0.29, 0.717) is 66.8 Å². The Kier molecular flexibility index (Phi) is 13.1. The van der Waals surface area contributed by atoms with E-state index in [-0.39, 0.29) is 42.3 Å². The molecule has 0 saturated heterocycles. The van der Waals surface area contributed by atoms with Gasteiger partial charge in [0.25, 0.3) is 5.69 Å². The highest BCUT2D eigenvalue weighted by molar-refractivity contribution is 6.33. The number of rotatable bonds is 14. The van der Waals surface area contributed by atoms with Crippen LogP contribution in [0, 0.1) is 10.1 Å². The van der Waals surface area contributed by atoms with E-state index < -0.39 is 22.6 Å². The minimum absolute atomic E-state index is 0.0485. The summed E-state index contributed by atoms with van der Waals surface area (Å²) in [5, 5.41) is 37.1. The van der Waals surface area contributed by atoms with Crippen molar-refractivity contribution in [3.05, 3.63) is 117 Å². The van der Waals surface area contributed by atoms with Crippen molar-refractivity contribution in [2.75, 3.05) is 17.3 Å². The largest absolute Gasteiger partial charge is 0.496 e. The maximum Gasteiger partial charge on any atom is 0.412 e. The fourth-order valence-electron chi connectivity index (χ4n) is 6.75. The van der Waals surface area contributed by atoms with Crippen molar-refractivity contribution in [3.63, 3.8) is 0 Å². The number of aliphatic hydroxyl groups is 1. The number of non-ortho nitro benzene ring substituents is 1. The summed E-state index contributed by atoms with van der Waals surface area (Å²) in [7, 11) is 1.47. The number of alkyl carbamates (subject to hydrolysis) is 1. The number of anilines is 2. The third-order valence-corrected chi connectivity index (χ3v) is 10.0. The van der Waals surface area contributed by atoms with Gasteiger partial charge in [0, 0.05) is 47.3 Å². The highest BCUT2D eigenvalue weighted by Crippen LogP contribution is 2.42. The number of nitrogens with zero attached hydrogens (tertiary/aromatic N) is 2. The van der Waals surface area contributed by atoms with Crippen LogP contribution in [0.2, 0.25) is 5.02 Å². The van der Waals surface area contributed by atoms with Crippen LogP contribution in [0.3, 0.4) is 0 Å². The molecule has 0 atom stereocenters. The molecule has 54 heavy (non-hydrogen) atoms. The summed E-state index contributed by atoms with van der Waals surface area (Å²) in [6, 6.07) is 24.0. The Hall–Kier alpha value is -5.66. The van der Waals surface area contributed by atoms with E-state index >= 15 is 0 Å². The second-order valence-corrected chi connectivity index (χ2v) is 13.9. The van der Waals surface area contributed by atoms with Gasteiger partial charge >= 0.3 is 12.2 Å². The molecule has 1 fully saturated rings. The number of amides is 3. The number of benzene rings is 4. The van der Waals surface area contributed by atoms with Gasteiger partial charge < -0.3 is 30.3 Å².